The molecule has 1 aromatic carbocycles. The van der Waals surface area contributed by atoms with E-state index in [1.807, 2.05) is 32.9 Å². The van der Waals surface area contributed by atoms with Gasteiger partial charge >= 0.3 is 0 Å². The summed E-state index contributed by atoms with van der Waals surface area (Å²) >= 11 is 3.35. The molecule has 3 nitrogen and oxygen atoms in total. The van der Waals surface area contributed by atoms with Gasteiger partial charge in [-0.3, -0.25) is 4.72 Å². The molecule has 0 radical (unpaired) electrons. The minimum Gasteiger partial charge on any atom is -0.284 e. The van der Waals surface area contributed by atoms with Gasteiger partial charge in [0.1, 0.15) is 0 Å². The Bertz CT molecular complexity index is 463. The monoisotopic (exact) mass is 319 g/mol. The maximum atomic E-state index is 11.8. The van der Waals surface area contributed by atoms with Gasteiger partial charge in [0.2, 0.25) is 10.0 Å². The number of anilines is 1. The van der Waals surface area contributed by atoms with Gasteiger partial charge in [-0.15, -0.1) is 0 Å². The van der Waals surface area contributed by atoms with Crippen molar-refractivity contribution in [3.05, 3.63) is 28.2 Å². The highest BCUT2D eigenvalue weighted by Crippen LogP contribution is 2.20. The van der Waals surface area contributed by atoms with Gasteiger partial charge in [0.25, 0.3) is 0 Å². The first-order chi connectivity index (χ1) is 7.78. The molecule has 5 heteroatoms. The largest absolute Gasteiger partial charge is 0.284 e. The fraction of sp³-hybridized carbons (Fsp3) is 0.500. The van der Waals surface area contributed by atoms with E-state index >= 15 is 0 Å². The second-order valence-corrected chi connectivity index (χ2v) is 7.38. The molecular formula is C12H18BrNO2S. The van der Waals surface area contributed by atoms with Crippen LogP contribution in [0.5, 0.6) is 0 Å². The molecule has 0 fully saturated rings. The molecule has 0 amide bonds. The third kappa shape index (κ3) is 5.55. The summed E-state index contributed by atoms with van der Waals surface area (Å²) in [5.74, 6) is 0.548. The smallest absolute Gasteiger partial charge is 0.232 e. The Hall–Kier alpha value is -0.550. The topological polar surface area (TPSA) is 46.2 Å². The fourth-order valence-corrected chi connectivity index (χ4v) is 3.39. The normalized spacial score (nSPS) is 11.8. The maximum absolute atomic E-state index is 11.8. The fourth-order valence-electron chi connectivity index (χ4n) is 1.42. The summed E-state index contributed by atoms with van der Waals surface area (Å²) in [7, 11) is -3.23. The van der Waals surface area contributed by atoms with Gasteiger partial charge in [-0.05, 0) is 43.0 Å². The second kappa shape index (κ2) is 5.87. The van der Waals surface area contributed by atoms with Crippen molar-refractivity contribution in [1.29, 1.82) is 0 Å². The lowest BCUT2D eigenvalue weighted by atomic mass is 10.2. The van der Waals surface area contributed by atoms with Crippen LogP contribution in [0.25, 0.3) is 0 Å². The van der Waals surface area contributed by atoms with E-state index in [0.717, 1.165) is 10.0 Å². The van der Waals surface area contributed by atoms with Gasteiger partial charge < -0.3 is 0 Å². The van der Waals surface area contributed by atoms with Crippen LogP contribution in [-0.4, -0.2) is 14.2 Å². The van der Waals surface area contributed by atoms with Crippen LogP contribution in [0.1, 0.15) is 25.8 Å². The second-order valence-electron chi connectivity index (χ2n) is 4.62. The average molecular weight is 320 g/mol. The Morgan fingerprint density at radius 1 is 1.29 bits per heavy atom. The highest BCUT2D eigenvalue weighted by atomic mass is 79.9. The van der Waals surface area contributed by atoms with Crippen molar-refractivity contribution in [2.24, 2.45) is 5.92 Å². The molecule has 0 spiro atoms. The minimum atomic E-state index is -3.23. The highest BCUT2D eigenvalue weighted by Gasteiger charge is 2.11. The summed E-state index contributed by atoms with van der Waals surface area (Å²) in [6.07, 6.45) is 0.669. The van der Waals surface area contributed by atoms with Gasteiger partial charge in [0.05, 0.1) is 5.75 Å². The molecule has 0 atom stereocenters. The lowest BCUT2D eigenvalue weighted by molar-refractivity contribution is 0.578. The van der Waals surface area contributed by atoms with Gasteiger partial charge in [0.15, 0.2) is 0 Å². The van der Waals surface area contributed by atoms with Crippen molar-refractivity contribution < 1.29 is 8.42 Å². The zero-order chi connectivity index (χ0) is 13.1. The van der Waals surface area contributed by atoms with E-state index in [4.69, 9.17) is 0 Å². The van der Waals surface area contributed by atoms with Crippen LogP contribution in [0.15, 0.2) is 22.7 Å². The predicted octanol–water partition coefficient (Wildman–Crippen LogP) is 3.55. The zero-order valence-electron chi connectivity index (χ0n) is 10.3. The lowest BCUT2D eigenvalue weighted by Crippen LogP contribution is -2.17. The molecule has 0 aliphatic heterocycles. The Labute approximate surface area is 112 Å². The van der Waals surface area contributed by atoms with Crippen molar-refractivity contribution >= 4 is 31.6 Å². The number of rotatable bonds is 5. The number of benzene rings is 1. The molecule has 0 heterocycles. The Morgan fingerprint density at radius 2 is 1.94 bits per heavy atom. The third-order valence-corrected chi connectivity index (χ3v) is 4.06. The van der Waals surface area contributed by atoms with Crippen molar-refractivity contribution in [2.75, 3.05) is 10.5 Å². The van der Waals surface area contributed by atoms with E-state index in [1.165, 1.54) is 0 Å². The van der Waals surface area contributed by atoms with Crippen molar-refractivity contribution in [2.45, 2.75) is 27.2 Å². The SMILES string of the molecule is Cc1cc(Br)cc(NS(=O)(=O)CCC(C)C)c1. The van der Waals surface area contributed by atoms with Crippen LogP contribution in [-0.2, 0) is 10.0 Å². The van der Waals surface area contributed by atoms with Gasteiger partial charge in [-0.2, -0.15) is 0 Å². The predicted molar refractivity (Wildman–Crippen MR) is 75.7 cm³/mol. The van der Waals surface area contributed by atoms with Crippen molar-refractivity contribution in [3.8, 4) is 0 Å². The Balaban J connectivity index is 2.76. The molecule has 1 aromatic rings. The molecule has 1 rings (SSSR count). The molecular weight excluding hydrogens is 302 g/mol. The Kier molecular flexibility index (Phi) is 5.01. The number of sulfonamides is 1. The molecule has 0 bridgehead atoms. The first kappa shape index (κ1) is 14.5. The molecule has 1 N–H and O–H groups in total. The number of halogens is 1. The third-order valence-electron chi connectivity index (χ3n) is 2.28. The van der Waals surface area contributed by atoms with Gasteiger partial charge in [0, 0.05) is 10.2 Å². The van der Waals surface area contributed by atoms with Crippen molar-refractivity contribution in [3.63, 3.8) is 0 Å². The van der Waals surface area contributed by atoms with Crippen LogP contribution in [0.4, 0.5) is 5.69 Å². The van der Waals surface area contributed by atoms with Crippen LogP contribution >= 0.6 is 15.9 Å². The molecule has 0 unspecified atom stereocenters. The molecule has 0 aliphatic carbocycles. The minimum absolute atomic E-state index is 0.163. The number of nitrogens with one attached hydrogen (secondary N) is 1. The summed E-state index contributed by atoms with van der Waals surface area (Å²) in [5.41, 5.74) is 1.63. The van der Waals surface area contributed by atoms with E-state index < -0.39 is 10.0 Å². The number of hydrogen-bond donors (Lipinski definition) is 1. The Morgan fingerprint density at radius 3 is 2.47 bits per heavy atom. The van der Waals surface area contributed by atoms with E-state index in [2.05, 4.69) is 20.7 Å². The summed E-state index contributed by atoms with van der Waals surface area (Å²) < 4.78 is 27.1. The summed E-state index contributed by atoms with van der Waals surface area (Å²) in [6, 6.07) is 5.52. The summed E-state index contributed by atoms with van der Waals surface area (Å²) in [5, 5.41) is 0. The van der Waals surface area contributed by atoms with E-state index in [-0.39, 0.29) is 5.75 Å². The molecule has 0 saturated carbocycles. The van der Waals surface area contributed by atoms with E-state index in [1.54, 1.807) is 6.07 Å². The van der Waals surface area contributed by atoms with E-state index in [0.29, 0.717) is 18.0 Å². The zero-order valence-corrected chi connectivity index (χ0v) is 12.7. The molecule has 17 heavy (non-hydrogen) atoms. The number of hydrogen-bond acceptors (Lipinski definition) is 2. The summed E-state index contributed by atoms with van der Waals surface area (Å²) in [4.78, 5) is 0. The quantitative estimate of drug-likeness (QED) is 0.902. The van der Waals surface area contributed by atoms with Crippen LogP contribution < -0.4 is 4.72 Å². The average Bonchev–Trinajstić information content (AvgIpc) is 2.12. The first-order valence-corrected chi connectivity index (χ1v) is 8.01. The molecule has 0 aromatic heterocycles. The molecule has 96 valence electrons. The maximum Gasteiger partial charge on any atom is 0.232 e. The summed E-state index contributed by atoms with van der Waals surface area (Å²) in [6.45, 7) is 5.95. The van der Waals surface area contributed by atoms with Gasteiger partial charge in [-0.1, -0.05) is 29.8 Å². The highest BCUT2D eigenvalue weighted by molar-refractivity contribution is 9.10. The van der Waals surface area contributed by atoms with Crippen LogP contribution in [0.2, 0.25) is 0 Å². The van der Waals surface area contributed by atoms with E-state index in [9.17, 15) is 8.42 Å². The van der Waals surface area contributed by atoms with Crippen LogP contribution in [0, 0.1) is 12.8 Å². The number of aryl methyl sites for hydroxylation is 1. The first-order valence-electron chi connectivity index (χ1n) is 5.56. The molecule has 0 saturated heterocycles. The standard InChI is InChI=1S/C12H18BrNO2S/c1-9(2)4-5-17(15,16)14-12-7-10(3)6-11(13)8-12/h6-9,14H,4-5H2,1-3H3. The lowest BCUT2D eigenvalue weighted by Gasteiger charge is -2.10. The van der Waals surface area contributed by atoms with Crippen LogP contribution in [0.3, 0.4) is 0 Å². The molecule has 0 aliphatic rings. The van der Waals surface area contributed by atoms with Gasteiger partial charge in [-0.25, -0.2) is 8.42 Å². The van der Waals surface area contributed by atoms with Crippen molar-refractivity contribution in [1.82, 2.24) is 0 Å².